The van der Waals surface area contributed by atoms with Crippen LogP contribution >= 0.6 is 0 Å². The molecule has 0 radical (unpaired) electrons. The highest BCUT2D eigenvalue weighted by molar-refractivity contribution is 4.97. The Hall–Kier alpha value is -0.660. The zero-order valence-corrected chi connectivity index (χ0v) is 7.43. The van der Waals surface area contributed by atoms with Crippen LogP contribution in [0.25, 0.3) is 0 Å². The number of aliphatic hydroxyl groups excluding tert-OH is 2. The summed E-state index contributed by atoms with van der Waals surface area (Å²) in [7, 11) is 0. The SMILES string of the molecule is CCCCCC(O)=C(O)CC. The number of hydrogen-bond acceptors (Lipinski definition) is 2. The zero-order chi connectivity index (χ0) is 8.69. The highest BCUT2D eigenvalue weighted by Gasteiger charge is 1.99. The van der Waals surface area contributed by atoms with Crippen molar-refractivity contribution in [3.63, 3.8) is 0 Å². The van der Waals surface area contributed by atoms with Crippen LogP contribution < -0.4 is 0 Å². The Kier molecular flexibility index (Phi) is 5.71. The van der Waals surface area contributed by atoms with Gasteiger partial charge in [-0.2, -0.15) is 0 Å². The number of unbranched alkanes of at least 4 members (excludes halogenated alkanes) is 2. The molecule has 0 saturated heterocycles. The van der Waals surface area contributed by atoms with E-state index < -0.39 is 0 Å². The maximum atomic E-state index is 9.17. The summed E-state index contributed by atoms with van der Waals surface area (Å²) in [6.45, 7) is 3.94. The molecule has 0 aromatic rings. The summed E-state index contributed by atoms with van der Waals surface area (Å²) < 4.78 is 0. The fourth-order valence-electron chi connectivity index (χ4n) is 0.891. The Morgan fingerprint density at radius 2 is 1.64 bits per heavy atom. The molecular weight excluding hydrogens is 140 g/mol. The molecule has 0 bridgehead atoms. The van der Waals surface area contributed by atoms with Crippen LogP contribution in [-0.4, -0.2) is 10.2 Å². The predicted octanol–water partition coefficient (Wildman–Crippen LogP) is 3.30. The maximum absolute atomic E-state index is 9.17. The molecule has 0 unspecified atom stereocenters. The van der Waals surface area contributed by atoms with Crippen molar-refractivity contribution in [3.8, 4) is 0 Å². The van der Waals surface area contributed by atoms with E-state index in [0.717, 1.165) is 19.3 Å². The average molecular weight is 158 g/mol. The first-order chi connectivity index (χ1) is 5.22. The van der Waals surface area contributed by atoms with Crippen molar-refractivity contribution in [2.75, 3.05) is 0 Å². The quantitative estimate of drug-likeness (QED) is 0.476. The van der Waals surface area contributed by atoms with Gasteiger partial charge in [0, 0.05) is 12.8 Å². The summed E-state index contributed by atoms with van der Waals surface area (Å²) in [6.07, 6.45) is 4.36. The van der Waals surface area contributed by atoms with E-state index in [-0.39, 0.29) is 11.5 Å². The minimum absolute atomic E-state index is 0.140. The largest absolute Gasteiger partial charge is 0.509 e. The van der Waals surface area contributed by atoms with E-state index in [1.807, 2.05) is 6.92 Å². The van der Waals surface area contributed by atoms with E-state index in [0.29, 0.717) is 12.8 Å². The molecule has 0 aliphatic heterocycles. The molecule has 0 aliphatic rings. The fraction of sp³-hybridized carbons (Fsp3) is 0.778. The van der Waals surface area contributed by atoms with Gasteiger partial charge in [-0.3, -0.25) is 0 Å². The lowest BCUT2D eigenvalue weighted by molar-refractivity contribution is 0.299. The monoisotopic (exact) mass is 158 g/mol. The lowest BCUT2D eigenvalue weighted by Gasteiger charge is -2.01. The third kappa shape index (κ3) is 4.71. The highest BCUT2D eigenvalue weighted by atomic mass is 16.3. The fourth-order valence-corrected chi connectivity index (χ4v) is 0.891. The van der Waals surface area contributed by atoms with Crippen LogP contribution in [0.15, 0.2) is 11.5 Å². The van der Waals surface area contributed by atoms with E-state index in [4.69, 9.17) is 5.11 Å². The molecule has 0 spiro atoms. The van der Waals surface area contributed by atoms with Gasteiger partial charge in [-0.25, -0.2) is 0 Å². The molecule has 0 heterocycles. The Morgan fingerprint density at radius 3 is 2.09 bits per heavy atom. The minimum Gasteiger partial charge on any atom is -0.509 e. The molecule has 0 saturated carbocycles. The Labute approximate surface area is 68.6 Å². The van der Waals surface area contributed by atoms with Crippen molar-refractivity contribution < 1.29 is 10.2 Å². The Morgan fingerprint density at radius 1 is 1.00 bits per heavy atom. The van der Waals surface area contributed by atoms with Gasteiger partial charge >= 0.3 is 0 Å². The number of hydrogen-bond donors (Lipinski definition) is 2. The van der Waals surface area contributed by atoms with Gasteiger partial charge in [-0.05, 0) is 6.42 Å². The molecule has 0 amide bonds. The van der Waals surface area contributed by atoms with Crippen molar-refractivity contribution in [3.05, 3.63) is 11.5 Å². The lowest BCUT2D eigenvalue weighted by Crippen LogP contribution is -1.89. The summed E-state index contributed by atoms with van der Waals surface area (Å²) in [5, 5.41) is 18.2. The van der Waals surface area contributed by atoms with Crippen molar-refractivity contribution in [1.82, 2.24) is 0 Å². The third-order valence-corrected chi connectivity index (χ3v) is 1.69. The van der Waals surface area contributed by atoms with E-state index in [9.17, 15) is 5.11 Å². The summed E-state index contributed by atoms with van der Waals surface area (Å²) in [4.78, 5) is 0. The van der Waals surface area contributed by atoms with E-state index in [1.165, 1.54) is 0 Å². The summed E-state index contributed by atoms with van der Waals surface area (Å²) in [6, 6.07) is 0. The predicted molar refractivity (Wildman–Crippen MR) is 46.7 cm³/mol. The second kappa shape index (κ2) is 6.08. The topological polar surface area (TPSA) is 40.5 Å². The molecule has 0 aromatic carbocycles. The summed E-state index contributed by atoms with van der Waals surface area (Å²) in [5.41, 5.74) is 0. The van der Waals surface area contributed by atoms with Crippen LogP contribution in [0.4, 0.5) is 0 Å². The normalized spacial score (nSPS) is 12.9. The average Bonchev–Trinajstić information content (AvgIpc) is 2.03. The third-order valence-electron chi connectivity index (χ3n) is 1.69. The van der Waals surface area contributed by atoms with Crippen molar-refractivity contribution in [2.45, 2.75) is 46.0 Å². The lowest BCUT2D eigenvalue weighted by atomic mass is 10.1. The van der Waals surface area contributed by atoms with Crippen molar-refractivity contribution in [1.29, 1.82) is 0 Å². The highest BCUT2D eigenvalue weighted by Crippen LogP contribution is 2.10. The number of aliphatic hydroxyl groups is 2. The Bertz CT molecular complexity index is 128. The first-order valence-corrected chi connectivity index (χ1v) is 4.32. The van der Waals surface area contributed by atoms with Gasteiger partial charge in [0.25, 0.3) is 0 Å². The molecule has 2 heteroatoms. The Balaban J connectivity index is 3.58. The van der Waals surface area contributed by atoms with Crippen LogP contribution in [0.1, 0.15) is 46.0 Å². The zero-order valence-electron chi connectivity index (χ0n) is 7.43. The maximum Gasteiger partial charge on any atom is 0.129 e. The van der Waals surface area contributed by atoms with Crippen LogP contribution in [0.5, 0.6) is 0 Å². The van der Waals surface area contributed by atoms with Crippen LogP contribution in [0, 0.1) is 0 Å². The van der Waals surface area contributed by atoms with Crippen molar-refractivity contribution >= 4 is 0 Å². The summed E-state index contributed by atoms with van der Waals surface area (Å²) >= 11 is 0. The van der Waals surface area contributed by atoms with E-state index in [1.54, 1.807) is 0 Å². The van der Waals surface area contributed by atoms with Crippen LogP contribution in [0.3, 0.4) is 0 Å². The van der Waals surface area contributed by atoms with Gasteiger partial charge in [0.15, 0.2) is 0 Å². The molecule has 0 rings (SSSR count). The molecule has 2 nitrogen and oxygen atoms in total. The number of allylic oxidation sites excluding steroid dienone is 2. The van der Waals surface area contributed by atoms with Gasteiger partial charge in [-0.1, -0.05) is 26.7 Å². The minimum atomic E-state index is 0.140. The molecule has 0 fully saturated rings. The van der Waals surface area contributed by atoms with Gasteiger partial charge in [0.05, 0.1) is 0 Å². The standard InChI is InChI=1S/C9H18O2/c1-3-5-6-7-9(11)8(10)4-2/h10-11H,3-7H2,1-2H3. The molecule has 0 atom stereocenters. The molecule has 11 heavy (non-hydrogen) atoms. The molecule has 0 aromatic heterocycles. The van der Waals surface area contributed by atoms with Crippen molar-refractivity contribution in [2.24, 2.45) is 0 Å². The second-order valence-corrected chi connectivity index (χ2v) is 2.70. The number of rotatable bonds is 5. The second-order valence-electron chi connectivity index (χ2n) is 2.70. The van der Waals surface area contributed by atoms with Gasteiger partial charge in [0.1, 0.15) is 11.5 Å². The molecule has 0 aliphatic carbocycles. The molecule has 2 N–H and O–H groups in total. The van der Waals surface area contributed by atoms with Crippen LogP contribution in [0.2, 0.25) is 0 Å². The van der Waals surface area contributed by atoms with Gasteiger partial charge in [0.2, 0.25) is 0 Å². The molecular formula is C9H18O2. The summed E-state index contributed by atoms with van der Waals surface area (Å²) in [5.74, 6) is 0.307. The van der Waals surface area contributed by atoms with E-state index in [2.05, 4.69) is 6.92 Å². The first-order valence-electron chi connectivity index (χ1n) is 4.32. The van der Waals surface area contributed by atoms with Gasteiger partial charge < -0.3 is 10.2 Å². The van der Waals surface area contributed by atoms with Crippen LogP contribution in [-0.2, 0) is 0 Å². The van der Waals surface area contributed by atoms with E-state index >= 15 is 0 Å². The van der Waals surface area contributed by atoms with Gasteiger partial charge in [-0.15, -0.1) is 0 Å². The molecule has 66 valence electrons. The smallest absolute Gasteiger partial charge is 0.129 e. The first kappa shape index (κ1) is 10.3.